The highest BCUT2D eigenvalue weighted by Gasteiger charge is 2.27. The Bertz CT molecular complexity index is 588. The lowest BCUT2D eigenvalue weighted by Gasteiger charge is -2.31. The zero-order valence-electron chi connectivity index (χ0n) is 12.6. The molecular formula is C15H22N2O3S. The lowest BCUT2D eigenvalue weighted by Crippen LogP contribution is -2.46. The number of benzene rings is 1. The monoisotopic (exact) mass is 310 g/mol. The molecule has 0 bridgehead atoms. The van der Waals surface area contributed by atoms with Crippen molar-refractivity contribution in [1.82, 2.24) is 9.21 Å². The molecule has 1 aromatic carbocycles. The van der Waals surface area contributed by atoms with E-state index < -0.39 is 10.0 Å². The Balaban J connectivity index is 2.15. The minimum Gasteiger partial charge on any atom is -0.304 e. The second-order valence-electron chi connectivity index (χ2n) is 5.40. The predicted molar refractivity (Wildman–Crippen MR) is 81.9 cm³/mol. The number of sulfonamides is 1. The summed E-state index contributed by atoms with van der Waals surface area (Å²) >= 11 is 0. The third-order valence-electron chi connectivity index (χ3n) is 3.75. The minimum atomic E-state index is -3.44. The molecule has 6 heteroatoms. The maximum Gasteiger partial charge on any atom is 0.243 e. The molecule has 0 aliphatic carbocycles. The molecule has 1 fully saturated rings. The van der Waals surface area contributed by atoms with Crippen LogP contribution in [-0.2, 0) is 10.0 Å². The van der Waals surface area contributed by atoms with Crippen molar-refractivity contribution in [1.29, 1.82) is 0 Å². The summed E-state index contributed by atoms with van der Waals surface area (Å²) in [6.07, 6.45) is 1.28. The Morgan fingerprint density at radius 1 is 1.10 bits per heavy atom. The lowest BCUT2D eigenvalue weighted by molar-refractivity contribution is 0.0981. The highest BCUT2D eigenvalue weighted by atomic mass is 32.2. The smallest absolute Gasteiger partial charge is 0.243 e. The lowest BCUT2D eigenvalue weighted by atomic mass is 10.1. The van der Waals surface area contributed by atoms with E-state index >= 15 is 0 Å². The standard InChI is InChI=1S/C15H22N2O3S/c1-3-4-15(18)13-5-7-14(8-6-13)21(19,20)17-11-9-16(2)10-12-17/h5-8H,3-4,9-12H2,1-2H3. The fraction of sp³-hybridized carbons (Fsp3) is 0.533. The van der Waals surface area contributed by atoms with Crippen LogP contribution in [0.2, 0.25) is 0 Å². The SMILES string of the molecule is CCCC(=O)c1ccc(S(=O)(=O)N2CCN(C)CC2)cc1. The van der Waals surface area contributed by atoms with Gasteiger partial charge in [-0.05, 0) is 25.6 Å². The topological polar surface area (TPSA) is 57.7 Å². The maximum absolute atomic E-state index is 12.5. The van der Waals surface area contributed by atoms with Crippen LogP contribution in [0.4, 0.5) is 0 Å². The fourth-order valence-corrected chi connectivity index (χ4v) is 3.78. The van der Waals surface area contributed by atoms with Crippen LogP contribution in [0.5, 0.6) is 0 Å². The van der Waals surface area contributed by atoms with Crippen LogP contribution < -0.4 is 0 Å². The summed E-state index contributed by atoms with van der Waals surface area (Å²) < 4.78 is 26.6. The molecule has 5 nitrogen and oxygen atoms in total. The third-order valence-corrected chi connectivity index (χ3v) is 5.67. The first-order valence-electron chi connectivity index (χ1n) is 7.27. The molecule has 21 heavy (non-hydrogen) atoms. The summed E-state index contributed by atoms with van der Waals surface area (Å²) in [5.74, 6) is 0.0565. The first-order valence-corrected chi connectivity index (χ1v) is 8.71. The summed E-state index contributed by atoms with van der Waals surface area (Å²) in [6.45, 7) is 4.45. The van der Waals surface area contributed by atoms with Gasteiger partial charge in [-0.2, -0.15) is 4.31 Å². The number of hydrogen-bond donors (Lipinski definition) is 0. The van der Waals surface area contributed by atoms with E-state index in [1.54, 1.807) is 12.1 Å². The molecule has 0 atom stereocenters. The molecule has 0 amide bonds. The van der Waals surface area contributed by atoms with Crippen LogP contribution >= 0.6 is 0 Å². The number of ketones is 1. The number of carbonyl (C=O) groups is 1. The van der Waals surface area contributed by atoms with Gasteiger partial charge in [-0.1, -0.05) is 19.1 Å². The first-order chi connectivity index (χ1) is 9.95. The van der Waals surface area contributed by atoms with Crippen molar-refractivity contribution >= 4 is 15.8 Å². The van der Waals surface area contributed by atoms with Crippen molar-refractivity contribution in [3.05, 3.63) is 29.8 Å². The van der Waals surface area contributed by atoms with Gasteiger partial charge in [0.1, 0.15) is 0 Å². The summed E-state index contributed by atoms with van der Waals surface area (Å²) in [6, 6.07) is 6.30. The van der Waals surface area contributed by atoms with Gasteiger partial charge in [0.05, 0.1) is 4.90 Å². The summed E-state index contributed by atoms with van der Waals surface area (Å²) in [4.78, 5) is 14.2. The van der Waals surface area contributed by atoms with Gasteiger partial charge in [-0.15, -0.1) is 0 Å². The Morgan fingerprint density at radius 3 is 2.19 bits per heavy atom. The van der Waals surface area contributed by atoms with Crippen molar-refractivity contribution in [2.75, 3.05) is 33.2 Å². The Morgan fingerprint density at radius 2 is 1.67 bits per heavy atom. The second-order valence-corrected chi connectivity index (χ2v) is 7.34. The molecule has 0 saturated carbocycles. The van der Waals surface area contributed by atoms with Crippen LogP contribution in [0, 0.1) is 0 Å². The van der Waals surface area contributed by atoms with Crippen molar-refractivity contribution in [3.63, 3.8) is 0 Å². The van der Waals surface area contributed by atoms with Crippen molar-refractivity contribution in [3.8, 4) is 0 Å². The Labute approximate surface area is 126 Å². The number of piperazine rings is 1. The molecule has 1 aromatic rings. The van der Waals surface area contributed by atoms with Gasteiger partial charge in [0.2, 0.25) is 10.0 Å². The van der Waals surface area contributed by atoms with E-state index in [-0.39, 0.29) is 10.7 Å². The van der Waals surface area contributed by atoms with E-state index in [0.717, 1.165) is 19.5 Å². The van der Waals surface area contributed by atoms with E-state index in [9.17, 15) is 13.2 Å². The molecule has 0 aromatic heterocycles. The minimum absolute atomic E-state index is 0.0565. The van der Waals surface area contributed by atoms with Gasteiger partial charge in [0, 0.05) is 38.2 Å². The highest BCUT2D eigenvalue weighted by Crippen LogP contribution is 2.18. The van der Waals surface area contributed by atoms with Crippen LogP contribution in [0.3, 0.4) is 0 Å². The van der Waals surface area contributed by atoms with Crippen molar-refractivity contribution < 1.29 is 13.2 Å². The van der Waals surface area contributed by atoms with Crippen LogP contribution in [0.15, 0.2) is 29.2 Å². The zero-order valence-corrected chi connectivity index (χ0v) is 13.4. The maximum atomic E-state index is 12.5. The molecule has 0 spiro atoms. The van der Waals surface area contributed by atoms with E-state index in [1.165, 1.54) is 16.4 Å². The van der Waals surface area contributed by atoms with Gasteiger partial charge in [-0.25, -0.2) is 8.42 Å². The average Bonchev–Trinajstić information content (AvgIpc) is 2.48. The highest BCUT2D eigenvalue weighted by molar-refractivity contribution is 7.89. The molecule has 1 aliphatic rings. The quantitative estimate of drug-likeness (QED) is 0.775. The molecule has 1 heterocycles. The zero-order chi connectivity index (χ0) is 15.5. The largest absolute Gasteiger partial charge is 0.304 e. The number of carbonyl (C=O) groups excluding carboxylic acids is 1. The fourth-order valence-electron chi connectivity index (χ4n) is 2.36. The van der Waals surface area contributed by atoms with Crippen LogP contribution in [-0.4, -0.2) is 56.6 Å². The number of rotatable bonds is 5. The van der Waals surface area contributed by atoms with Crippen molar-refractivity contribution in [2.45, 2.75) is 24.7 Å². The average molecular weight is 310 g/mol. The van der Waals surface area contributed by atoms with Gasteiger partial charge in [0.15, 0.2) is 5.78 Å². The van der Waals surface area contributed by atoms with Crippen molar-refractivity contribution in [2.24, 2.45) is 0 Å². The molecule has 0 N–H and O–H groups in total. The van der Waals surface area contributed by atoms with Gasteiger partial charge in [0.25, 0.3) is 0 Å². The number of Topliss-reactive ketones (excluding diaryl/α,β-unsaturated/α-hetero) is 1. The van der Waals surface area contributed by atoms with E-state index in [2.05, 4.69) is 4.90 Å². The predicted octanol–water partition coefficient (Wildman–Crippen LogP) is 1.61. The number of nitrogens with zero attached hydrogens (tertiary/aromatic N) is 2. The molecule has 1 aliphatic heterocycles. The van der Waals surface area contributed by atoms with Gasteiger partial charge in [-0.3, -0.25) is 4.79 Å². The Hall–Kier alpha value is -1.24. The summed E-state index contributed by atoms with van der Waals surface area (Å²) in [7, 11) is -1.46. The van der Waals surface area contributed by atoms with E-state index in [4.69, 9.17) is 0 Å². The molecule has 0 unspecified atom stereocenters. The molecular weight excluding hydrogens is 288 g/mol. The second kappa shape index (κ2) is 6.68. The van der Waals surface area contributed by atoms with Crippen LogP contribution in [0.1, 0.15) is 30.1 Å². The van der Waals surface area contributed by atoms with Crippen LogP contribution in [0.25, 0.3) is 0 Å². The van der Waals surface area contributed by atoms with Gasteiger partial charge < -0.3 is 4.90 Å². The van der Waals surface area contributed by atoms with E-state index in [0.29, 0.717) is 25.1 Å². The molecule has 0 radical (unpaired) electrons. The van der Waals surface area contributed by atoms with E-state index in [1.807, 2.05) is 14.0 Å². The number of likely N-dealkylation sites (N-methyl/N-ethyl adjacent to an activating group) is 1. The molecule has 1 saturated heterocycles. The summed E-state index contributed by atoms with van der Waals surface area (Å²) in [5, 5.41) is 0. The normalized spacial score (nSPS) is 17.8. The van der Waals surface area contributed by atoms with Gasteiger partial charge >= 0.3 is 0 Å². The summed E-state index contributed by atoms with van der Waals surface area (Å²) in [5.41, 5.74) is 0.578. The molecule has 2 rings (SSSR count). The number of hydrogen-bond acceptors (Lipinski definition) is 4. The Kier molecular flexibility index (Phi) is 5.13. The molecule has 116 valence electrons. The first kappa shape index (κ1) is 16.1. The third kappa shape index (κ3) is 3.70.